The summed E-state index contributed by atoms with van der Waals surface area (Å²) in [5.41, 5.74) is -3.14. The molecule has 113 valence electrons. The number of nitriles is 1. The van der Waals surface area contributed by atoms with Crippen LogP contribution in [0.3, 0.4) is 0 Å². The van der Waals surface area contributed by atoms with Crippen molar-refractivity contribution < 1.29 is 55.5 Å². The molecule has 1 aromatic carbocycles. The van der Waals surface area contributed by atoms with Gasteiger partial charge in [-0.25, -0.2) is 5.26 Å². The van der Waals surface area contributed by atoms with E-state index in [0.29, 0.717) is 4.90 Å². The Labute approximate surface area is 150 Å². The number of carbonyl (C=O) groups is 2. The van der Waals surface area contributed by atoms with Crippen LogP contribution in [0, 0.1) is 22.8 Å². The van der Waals surface area contributed by atoms with Gasteiger partial charge < -0.3 is 0 Å². The number of alkyl halides is 3. The molecule has 0 unspecified atom stereocenters. The number of benzene rings is 1. The fourth-order valence-electron chi connectivity index (χ4n) is 2.12. The van der Waals surface area contributed by atoms with E-state index >= 15 is 0 Å². The number of nitrogens with zero attached hydrogens (tertiary/aromatic N) is 2. The summed E-state index contributed by atoms with van der Waals surface area (Å²) in [5, 5.41) is 8.71. The molecule has 2 rings (SSSR count). The van der Waals surface area contributed by atoms with E-state index in [-0.39, 0.29) is 44.8 Å². The average Bonchev–Trinajstić information content (AvgIpc) is 2.56. The number of rotatable bonds is 1. The Morgan fingerprint density at radius 1 is 1.32 bits per heavy atom. The fraction of sp³-hybridized carbons (Fsp3) is 0.357. The van der Waals surface area contributed by atoms with Crippen LogP contribution in [-0.4, -0.2) is 11.8 Å². The Balaban J connectivity index is 0.00000242. The third-order valence-corrected chi connectivity index (χ3v) is 3.20. The van der Waals surface area contributed by atoms with E-state index in [1.54, 1.807) is 13.8 Å². The van der Waals surface area contributed by atoms with Crippen molar-refractivity contribution in [3.05, 3.63) is 29.3 Å². The van der Waals surface area contributed by atoms with Gasteiger partial charge in [0.15, 0.2) is 0 Å². The van der Waals surface area contributed by atoms with Gasteiger partial charge in [-0.1, -0.05) is 19.5 Å². The van der Waals surface area contributed by atoms with Crippen LogP contribution >= 0.6 is 0 Å². The summed E-state index contributed by atoms with van der Waals surface area (Å²) in [5.74, 6) is -1.17. The molecule has 4 nitrogen and oxygen atoms in total. The molecule has 8 heteroatoms. The third-order valence-electron chi connectivity index (χ3n) is 3.20. The van der Waals surface area contributed by atoms with Gasteiger partial charge >= 0.3 is 6.18 Å². The van der Waals surface area contributed by atoms with Gasteiger partial charge in [-0.15, -0.1) is 12.1 Å². The second-order valence-electron chi connectivity index (χ2n) is 5.34. The summed E-state index contributed by atoms with van der Waals surface area (Å²) in [7, 11) is 0. The van der Waals surface area contributed by atoms with Crippen LogP contribution in [0.5, 0.6) is 0 Å². The molecule has 1 radical (unpaired) electrons. The smallest absolute Gasteiger partial charge is 0.275 e. The van der Waals surface area contributed by atoms with E-state index in [1.807, 2.05) is 6.07 Å². The van der Waals surface area contributed by atoms with Gasteiger partial charge in [-0.05, 0) is 11.1 Å². The van der Waals surface area contributed by atoms with Gasteiger partial charge in [0.2, 0.25) is 11.8 Å². The van der Waals surface area contributed by atoms with Crippen molar-refractivity contribution in [2.45, 2.75) is 26.4 Å². The van der Waals surface area contributed by atoms with E-state index in [0.717, 1.165) is 12.1 Å². The van der Waals surface area contributed by atoms with Crippen molar-refractivity contribution >= 4 is 17.5 Å². The molecule has 1 fully saturated rings. The number of halogens is 3. The molecule has 0 aliphatic carbocycles. The van der Waals surface area contributed by atoms with Gasteiger partial charge in [0, 0.05) is 45.2 Å². The van der Waals surface area contributed by atoms with Crippen molar-refractivity contribution in [3.8, 4) is 6.07 Å². The van der Waals surface area contributed by atoms with Crippen LogP contribution < -0.4 is 4.90 Å². The van der Waals surface area contributed by atoms with Gasteiger partial charge in [0.1, 0.15) is 0 Å². The maximum absolute atomic E-state index is 12.9. The Morgan fingerprint density at radius 2 is 1.91 bits per heavy atom. The first kappa shape index (κ1) is 18.8. The Hall–Kier alpha value is -1.26. The SMILES string of the molecule is CC1(C)CC(=O)N(c2[c-]c(C(F)(F)F)c(C#N)cc2)C1=O.[Y]. The summed E-state index contributed by atoms with van der Waals surface area (Å²) in [4.78, 5) is 24.6. The van der Waals surface area contributed by atoms with Crippen LogP contribution in [0.4, 0.5) is 18.9 Å². The molecule has 1 aliphatic heterocycles. The van der Waals surface area contributed by atoms with E-state index in [2.05, 4.69) is 0 Å². The number of anilines is 1. The van der Waals surface area contributed by atoms with E-state index in [1.165, 1.54) is 6.07 Å². The molecule has 1 aliphatic rings. The molecule has 0 bridgehead atoms. The average molecular weight is 384 g/mol. The van der Waals surface area contributed by atoms with Crippen LogP contribution in [0.2, 0.25) is 0 Å². The topological polar surface area (TPSA) is 61.2 Å². The monoisotopic (exact) mass is 384 g/mol. The van der Waals surface area contributed by atoms with Crippen molar-refractivity contribution in [2.24, 2.45) is 5.41 Å². The summed E-state index contributed by atoms with van der Waals surface area (Å²) in [6.07, 6.45) is -4.87. The number of amides is 2. The molecule has 0 saturated carbocycles. The molecule has 1 heterocycles. The maximum atomic E-state index is 12.9. The summed E-state index contributed by atoms with van der Waals surface area (Å²) >= 11 is 0. The van der Waals surface area contributed by atoms with Crippen molar-refractivity contribution in [1.82, 2.24) is 0 Å². The first-order valence-electron chi connectivity index (χ1n) is 5.99. The number of carbonyl (C=O) groups excluding carboxylic acids is 2. The van der Waals surface area contributed by atoms with Crippen LogP contribution in [-0.2, 0) is 48.5 Å². The zero-order valence-electron chi connectivity index (χ0n) is 11.8. The molecule has 1 aromatic rings. The van der Waals surface area contributed by atoms with Crippen molar-refractivity contribution in [1.29, 1.82) is 5.26 Å². The first-order valence-corrected chi connectivity index (χ1v) is 5.99. The summed E-state index contributed by atoms with van der Waals surface area (Å²) in [6.45, 7) is 3.09. The van der Waals surface area contributed by atoms with Crippen LogP contribution in [0.25, 0.3) is 0 Å². The molecule has 1 saturated heterocycles. The second kappa shape index (κ2) is 6.09. The quantitative estimate of drug-likeness (QED) is 0.553. The number of imide groups is 1. The number of hydrogen-bond acceptors (Lipinski definition) is 3. The zero-order chi connectivity index (χ0) is 16.0. The van der Waals surface area contributed by atoms with Gasteiger partial charge in [0.05, 0.1) is 5.41 Å². The van der Waals surface area contributed by atoms with Crippen LogP contribution in [0.1, 0.15) is 31.4 Å². The van der Waals surface area contributed by atoms with E-state index in [9.17, 15) is 22.8 Å². The molecular formula is C14H10F3N2O2Y-. The van der Waals surface area contributed by atoms with E-state index in [4.69, 9.17) is 5.26 Å². The molecule has 0 aromatic heterocycles. The Morgan fingerprint density at radius 3 is 2.32 bits per heavy atom. The standard InChI is InChI=1S/C14H10F3N2O2.Y/c1-13(2)6-11(20)19(12(13)21)9-4-3-8(7-18)10(5-9)14(15,16)17;/h3-4H,6H2,1-2H3;/q-1;. The van der Waals surface area contributed by atoms with Gasteiger partial charge in [0.25, 0.3) is 0 Å². The van der Waals surface area contributed by atoms with Crippen LogP contribution in [0.15, 0.2) is 12.1 Å². The fourth-order valence-corrected chi connectivity index (χ4v) is 2.12. The normalized spacial score (nSPS) is 17.2. The minimum absolute atomic E-state index is 0. The van der Waals surface area contributed by atoms with E-state index < -0.39 is 34.5 Å². The molecule has 0 atom stereocenters. The molecule has 2 amide bonds. The van der Waals surface area contributed by atoms with Gasteiger partial charge in [-0.3, -0.25) is 14.5 Å². The maximum Gasteiger partial charge on any atom is 0.395 e. The van der Waals surface area contributed by atoms with Crippen molar-refractivity contribution in [3.63, 3.8) is 0 Å². The molecule has 0 spiro atoms. The number of hydrogen-bond donors (Lipinski definition) is 0. The Bertz CT molecular complexity index is 678. The molecule has 0 N–H and O–H groups in total. The largest absolute Gasteiger partial charge is 0.395 e. The molecular weight excluding hydrogens is 374 g/mol. The van der Waals surface area contributed by atoms with Crippen molar-refractivity contribution in [2.75, 3.05) is 4.90 Å². The first-order chi connectivity index (χ1) is 9.58. The van der Waals surface area contributed by atoms with Gasteiger partial charge in [-0.2, -0.15) is 19.2 Å². The minimum atomic E-state index is -4.79. The predicted molar refractivity (Wildman–Crippen MR) is 65.9 cm³/mol. The Kier molecular flexibility index (Phi) is 5.20. The molecule has 22 heavy (non-hydrogen) atoms. The zero-order valence-corrected chi connectivity index (χ0v) is 14.6. The predicted octanol–water partition coefficient (Wildman–Crippen LogP) is 2.66. The second-order valence-corrected chi connectivity index (χ2v) is 5.34. The minimum Gasteiger partial charge on any atom is -0.275 e. The summed E-state index contributed by atoms with van der Waals surface area (Å²) in [6, 6.07) is 5.45. The third kappa shape index (κ3) is 3.23. The summed E-state index contributed by atoms with van der Waals surface area (Å²) < 4.78 is 38.6.